The molecule has 0 fully saturated rings. The van der Waals surface area contributed by atoms with Crippen LogP contribution < -0.4 is 5.32 Å². The predicted molar refractivity (Wildman–Crippen MR) is 125 cm³/mol. The van der Waals surface area contributed by atoms with Crippen LogP contribution in [0.15, 0.2) is 52.6 Å². The van der Waals surface area contributed by atoms with Gasteiger partial charge in [0.05, 0.1) is 11.1 Å². The Morgan fingerprint density at radius 3 is 2.40 bits per heavy atom. The lowest BCUT2D eigenvalue weighted by Crippen LogP contribution is -2.27. The van der Waals surface area contributed by atoms with E-state index in [-0.39, 0.29) is 17.2 Å². The van der Waals surface area contributed by atoms with Crippen molar-refractivity contribution in [2.75, 3.05) is 5.32 Å². The fraction of sp³-hybridized carbons (Fsp3) is 0.360. The minimum absolute atomic E-state index is 0.160. The molecule has 1 heterocycles. The van der Waals surface area contributed by atoms with Gasteiger partial charge in [0, 0.05) is 16.6 Å². The molecule has 2 atom stereocenters. The van der Waals surface area contributed by atoms with Crippen molar-refractivity contribution in [2.45, 2.75) is 46.9 Å². The van der Waals surface area contributed by atoms with Gasteiger partial charge in [0.25, 0.3) is 5.91 Å². The maximum Gasteiger partial charge on any atom is 0.252 e. The molecule has 158 valence electrons. The van der Waals surface area contributed by atoms with E-state index in [0.717, 1.165) is 39.0 Å². The molecule has 0 radical (unpaired) electrons. The van der Waals surface area contributed by atoms with Gasteiger partial charge < -0.3 is 9.84 Å². The van der Waals surface area contributed by atoms with Crippen molar-refractivity contribution in [3.63, 3.8) is 0 Å². The smallest absolute Gasteiger partial charge is 0.252 e. The summed E-state index contributed by atoms with van der Waals surface area (Å²) in [6, 6.07) is 11.9. The molecule has 4 nitrogen and oxygen atoms in total. The van der Waals surface area contributed by atoms with E-state index in [0.29, 0.717) is 11.5 Å². The number of alkyl halides is 1. The van der Waals surface area contributed by atoms with Gasteiger partial charge in [-0.25, -0.2) is 0 Å². The topological polar surface area (TPSA) is 55.1 Å². The Hall–Kier alpha value is -2.59. The van der Waals surface area contributed by atoms with Crippen LogP contribution in [0.25, 0.3) is 22.1 Å². The number of fused-ring (bicyclic) bond motifs is 1. The van der Waals surface area contributed by atoms with Gasteiger partial charge in [-0.05, 0) is 73.6 Å². The van der Waals surface area contributed by atoms with Crippen LogP contribution in [0.3, 0.4) is 0 Å². The van der Waals surface area contributed by atoms with Crippen molar-refractivity contribution in [1.29, 1.82) is 0 Å². The highest BCUT2D eigenvalue weighted by atomic mass is 35.5. The van der Waals surface area contributed by atoms with Crippen LogP contribution in [0.5, 0.6) is 0 Å². The third kappa shape index (κ3) is 4.44. The van der Waals surface area contributed by atoms with Crippen molar-refractivity contribution >= 4 is 34.2 Å². The summed E-state index contributed by atoms with van der Waals surface area (Å²) in [6.07, 6.45) is 1.80. The van der Waals surface area contributed by atoms with E-state index in [2.05, 4.69) is 44.2 Å². The molecular weight excluding hydrogens is 396 g/mol. The maximum atomic E-state index is 12.8. The summed E-state index contributed by atoms with van der Waals surface area (Å²) in [7, 11) is 0. The Kier molecular flexibility index (Phi) is 6.67. The van der Waals surface area contributed by atoms with E-state index in [4.69, 9.17) is 16.1 Å². The minimum atomic E-state index is -0.325. The second kappa shape index (κ2) is 9.05. The lowest BCUT2D eigenvalue weighted by Gasteiger charge is -2.23. The van der Waals surface area contributed by atoms with Crippen LogP contribution in [-0.4, -0.2) is 16.4 Å². The lowest BCUT2D eigenvalue weighted by molar-refractivity contribution is -0.113. The van der Waals surface area contributed by atoms with Gasteiger partial charge in [-0.15, -0.1) is 11.6 Å². The molecule has 0 bridgehead atoms. The van der Waals surface area contributed by atoms with Crippen LogP contribution in [0.4, 0.5) is 5.69 Å². The van der Waals surface area contributed by atoms with Crippen molar-refractivity contribution in [3.05, 3.63) is 59.3 Å². The molecular formula is C25H29ClN2O2. The lowest BCUT2D eigenvalue weighted by atomic mass is 9.90. The van der Waals surface area contributed by atoms with Crippen LogP contribution in [0.1, 0.15) is 39.0 Å². The number of carbonyl (C=O) groups excluding carboxylic acids is 1. The Labute approximate surface area is 183 Å². The average molecular weight is 425 g/mol. The number of nitrogens with zero attached hydrogens (tertiary/aromatic N) is 1. The van der Waals surface area contributed by atoms with Crippen molar-refractivity contribution < 1.29 is 9.32 Å². The summed E-state index contributed by atoms with van der Waals surface area (Å²) in [5, 5.41) is 7.72. The van der Waals surface area contributed by atoms with E-state index >= 15 is 0 Å². The zero-order valence-corrected chi connectivity index (χ0v) is 19.2. The SMILES string of the molecule is CC=C(C(=O)Nc1ccc(-c2cc3onc(C)c3cc2C)cc1)C(Cl)C(C)C(C)C. The summed E-state index contributed by atoms with van der Waals surface area (Å²) in [4.78, 5) is 12.8. The third-order valence-electron chi connectivity index (χ3n) is 5.83. The molecule has 0 spiro atoms. The number of allylic oxidation sites excluding steroid dienone is 1. The zero-order chi connectivity index (χ0) is 22.0. The number of carbonyl (C=O) groups is 1. The number of aryl methyl sites for hydroxylation is 2. The molecule has 3 aromatic rings. The Morgan fingerprint density at radius 1 is 1.13 bits per heavy atom. The van der Waals surface area contributed by atoms with Crippen LogP contribution in [0.2, 0.25) is 0 Å². The van der Waals surface area contributed by atoms with Gasteiger partial charge >= 0.3 is 0 Å². The molecule has 3 rings (SSSR count). The molecule has 2 unspecified atom stereocenters. The monoisotopic (exact) mass is 424 g/mol. The molecule has 0 aliphatic rings. The standard InChI is InChI=1S/C25H29ClN2O2/c1-7-20(24(26)16(5)14(2)3)25(29)27-19-10-8-18(9-11-19)21-13-23-22(12-15(21)4)17(6)28-30-23/h7-14,16,24H,1-6H3,(H,27,29). The first-order valence-electron chi connectivity index (χ1n) is 10.3. The Morgan fingerprint density at radius 2 is 1.80 bits per heavy atom. The van der Waals surface area contributed by atoms with Gasteiger partial charge in [0.1, 0.15) is 0 Å². The van der Waals surface area contributed by atoms with E-state index in [9.17, 15) is 4.79 Å². The first kappa shape index (κ1) is 22.1. The fourth-order valence-corrected chi connectivity index (χ4v) is 4.01. The van der Waals surface area contributed by atoms with Gasteiger partial charge in [-0.2, -0.15) is 0 Å². The number of hydrogen-bond acceptors (Lipinski definition) is 3. The molecule has 0 saturated heterocycles. The van der Waals surface area contributed by atoms with Gasteiger partial charge in [0.2, 0.25) is 0 Å². The van der Waals surface area contributed by atoms with Crippen molar-refractivity contribution in [2.24, 2.45) is 11.8 Å². The first-order chi connectivity index (χ1) is 14.2. The number of halogens is 1. The summed E-state index contributed by atoms with van der Waals surface area (Å²) in [5.41, 5.74) is 6.28. The van der Waals surface area contributed by atoms with E-state index in [1.807, 2.05) is 44.2 Å². The second-order valence-electron chi connectivity index (χ2n) is 8.21. The number of amides is 1. The molecule has 30 heavy (non-hydrogen) atoms. The molecule has 1 amide bonds. The number of aromatic nitrogens is 1. The Bertz CT molecular complexity index is 1080. The van der Waals surface area contributed by atoms with Gasteiger partial charge in [-0.3, -0.25) is 4.79 Å². The number of rotatable bonds is 6. The van der Waals surface area contributed by atoms with E-state index in [1.165, 1.54) is 0 Å². The number of nitrogens with one attached hydrogen (secondary N) is 1. The summed E-state index contributed by atoms with van der Waals surface area (Å²) >= 11 is 6.58. The quantitative estimate of drug-likeness (QED) is 0.346. The van der Waals surface area contributed by atoms with Crippen LogP contribution in [0, 0.1) is 25.7 Å². The molecule has 1 aromatic heterocycles. The molecule has 1 N–H and O–H groups in total. The van der Waals surface area contributed by atoms with Crippen molar-refractivity contribution in [3.8, 4) is 11.1 Å². The first-order valence-corrected chi connectivity index (χ1v) is 10.7. The molecule has 0 aliphatic heterocycles. The zero-order valence-electron chi connectivity index (χ0n) is 18.4. The normalized spacial score (nSPS) is 14.2. The van der Waals surface area contributed by atoms with E-state index in [1.54, 1.807) is 6.08 Å². The third-order valence-corrected chi connectivity index (χ3v) is 6.47. The van der Waals surface area contributed by atoms with Crippen LogP contribution >= 0.6 is 11.6 Å². The van der Waals surface area contributed by atoms with Crippen LogP contribution in [-0.2, 0) is 4.79 Å². The van der Waals surface area contributed by atoms with E-state index < -0.39 is 0 Å². The molecule has 0 aliphatic carbocycles. The summed E-state index contributed by atoms with van der Waals surface area (Å²) in [5.74, 6) is 0.430. The maximum absolute atomic E-state index is 12.8. The fourth-order valence-electron chi connectivity index (χ4n) is 3.50. The molecule has 5 heteroatoms. The average Bonchev–Trinajstić information content (AvgIpc) is 3.07. The van der Waals surface area contributed by atoms with Gasteiger partial charge in [-0.1, -0.05) is 44.1 Å². The highest BCUT2D eigenvalue weighted by molar-refractivity contribution is 6.26. The predicted octanol–water partition coefficient (Wildman–Crippen LogP) is 6.90. The number of benzene rings is 2. The highest BCUT2D eigenvalue weighted by Gasteiger charge is 2.25. The number of anilines is 1. The highest BCUT2D eigenvalue weighted by Crippen LogP contribution is 2.31. The largest absolute Gasteiger partial charge is 0.356 e. The second-order valence-corrected chi connectivity index (χ2v) is 8.68. The number of hydrogen-bond donors (Lipinski definition) is 1. The van der Waals surface area contributed by atoms with Gasteiger partial charge in [0.15, 0.2) is 5.58 Å². The molecule has 0 saturated carbocycles. The molecule has 2 aromatic carbocycles. The summed E-state index contributed by atoms with van der Waals surface area (Å²) in [6.45, 7) is 12.2. The Balaban J connectivity index is 1.79. The summed E-state index contributed by atoms with van der Waals surface area (Å²) < 4.78 is 5.41. The van der Waals surface area contributed by atoms with Crippen molar-refractivity contribution in [1.82, 2.24) is 5.16 Å². The minimum Gasteiger partial charge on any atom is -0.356 e.